The van der Waals surface area contributed by atoms with Crippen LogP contribution in [0.4, 0.5) is 5.69 Å². The van der Waals surface area contributed by atoms with Gasteiger partial charge in [-0.05, 0) is 30.3 Å². The lowest BCUT2D eigenvalue weighted by Crippen LogP contribution is -2.16. The van der Waals surface area contributed by atoms with Crippen LogP contribution in [0.2, 0.25) is 0 Å². The van der Waals surface area contributed by atoms with Gasteiger partial charge in [-0.15, -0.1) is 0 Å². The smallest absolute Gasteiger partial charge is 0.261 e. The minimum absolute atomic E-state index is 0.269. The molecular formula is C20H14N6O2. The second kappa shape index (κ2) is 6.20. The van der Waals surface area contributed by atoms with E-state index in [9.17, 15) is 9.59 Å². The Hall–Kier alpha value is -4.20. The number of anilines is 1. The fourth-order valence-electron chi connectivity index (χ4n) is 3.22. The summed E-state index contributed by atoms with van der Waals surface area (Å²) in [7, 11) is 0. The first-order valence-electron chi connectivity index (χ1n) is 8.61. The monoisotopic (exact) mass is 370 g/mol. The van der Waals surface area contributed by atoms with Gasteiger partial charge in [0.2, 0.25) is 0 Å². The molecule has 0 radical (unpaired) electrons. The van der Waals surface area contributed by atoms with Crippen molar-refractivity contribution in [3.63, 3.8) is 0 Å². The van der Waals surface area contributed by atoms with E-state index in [1.807, 2.05) is 24.3 Å². The highest BCUT2D eigenvalue weighted by molar-refractivity contribution is 6.09. The topological polar surface area (TPSA) is 97.1 Å². The number of amides is 1. The Balaban J connectivity index is 1.59. The van der Waals surface area contributed by atoms with Crippen LogP contribution in [0.3, 0.4) is 0 Å². The molecule has 28 heavy (non-hydrogen) atoms. The SMILES string of the molecule is O=C(Nc1ccccc1-n1cccn1)c1cnn2c1[nH]c(=O)c1ccccc12. The van der Waals surface area contributed by atoms with Crippen LogP contribution >= 0.6 is 0 Å². The van der Waals surface area contributed by atoms with E-state index in [4.69, 9.17) is 0 Å². The predicted molar refractivity (Wildman–Crippen MR) is 105 cm³/mol. The first-order chi connectivity index (χ1) is 13.7. The highest BCUT2D eigenvalue weighted by atomic mass is 16.2. The van der Waals surface area contributed by atoms with Gasteiger partial charge in [-0.1, -0.05) is 24.3 Å². The number of hydrogen-bond acceptors (Lipinski definition) is 4. The molecule has 0 spiro atoms. The van der Waals surface area contributed by atoms with Crippen molar-refractivity contribution in [2.45, 2.75) is 0 Å². The standard InChI is InChI=1S/C20H14N6O2/c27-19-13-6-1-3-8-16(13)26-18(24-19)14(12-22-26)20(28)23-15-7-2-4-9-17(15)25-11-5-10-21-25/h1-12H,(H,23,28)(H,24,27). The van der Waals surface area contributed by atoms with E-state index in [-0.39, 0.29) is 17.0 Å². The quantitative estimate of drug-likeness (QED) is 0.510. The number of H-pyrrole nitrogens is 1. The predicted octanol–water partition coefficient (Wildman–Crippen LogP) is 2.61. The van der Waals surface area contributed by atoms with Gasteiger partial charge in [-0.2, -0.15) is 10.2 Å². The minimum Gasteiger partial charge on any atom is -0.320 e. The van der Waals surface area contributed by atoms with Crippen molar-refractivity contribution in [3.8, 4) is 5.69 Å². The third-order valence-corrected chi connectivity index (χ3v) is 4.53. The molecule has 2 N–H and O–H groups in total. The Morgan fingerprint density at radius 1 is 1.00 bits per heavy atom. The van der Waals surface area contributed by atoms with Crippen molar-refractivity contribution in [1.82, 2.24) is 24.4 Å². The molecule has 0 aliphatic carbocycles. The van der Waals surface area contributed by atoms with Crippen molar-refractivity contribution in [1.29, 1.82) is 0 Å². The van der Waals surface area contributed by atoms with Gasteiger partial charge in [0.1, 0.15) is 11.2 Å². The van der Waals surface area contributed by atoms with E-state index in [1.165, 1.54) is 6.20 Å². The zero-order valence-electron chi connectivity index (χ0n) is 14.5. The Labute approximate surface area is 158 Å². The van der Waals surface area contributed by atoms with Gasteiger partial charge >= 0.3 is 0 Å². The van der Waals surface area contributed by atoms with E-state index >= 15 is 0 Å². The summed E-state index contributed by atoms with van der Waals surface area (Å²) in [5.41, 5.74) is 2.32. The fraction of sp³-hybridized carbons (Fsp3) is 0. The van der Waals surface area contributed by atoms with Gasteiger partial charge in [0.25, 0.3) is 11.5 Å². The van der Waals surface area contributed by atoms with Crippen molar-refractivity contribution >= 4 is 28.1 Å². The largest absolute Gasteiger partial charge is 0.320 e. The molecule has 8 heteroatoms. The third-order valence-electron chi connectivity index (χ3n) is 4.53. The molecule has 2 aromatic carbocycles. The number of aromatic nitrogens is 5. The van der Waals surface area contributed by atoms with E-state index in [1.54, 1.807) is 51.9 Å². The number of hydrogen-bond donors (Lipinski definition) is 2. The lowest BCUT2D eigenvalue weighted by molar-refractivity contribution is 0.102. The average molecular weight is 370 g/mol. The third kappa shape index (κ3) is 2.47. The number of nitrogens with one attached hydrogen (secondary N) is 2. The maximum Gasteiger partial charge on any atom is 0.261 e. The Morgan fingerprint density at radius 3 is 2.68 bits per heavy atom. The number of aromatic amines is 1. The van der Waals surface area contributed by atoms with Gasteiger partial charge in [-0.25, -0.2) is 9.20 Å². The van der Waals surface area contributed by atoms with Gasteiger partial charge in [0.15, 0.2) is 0 Å². The molecule has 0 saturated carbocycles. The Bertz CT molecular complexity index is 1380. The Kier molecular flexibility index (Phi) is 3.55. The van der Waals surface area contributed by atoms with E-state index < -0.39 is 0 Å². The lowest BCUT2D eigenvalue weighted by atomic mass is 10.2. The van der Waals surface area contributed by atoms with Gasteiger partial charge in [0, 0.05) is 12.4 Å². The molecule has 0 aliphatic rings. The minimum atomic E-state index is -0.375. The number of carbonyl (C=O) groups is 1. The van der Waals surface area contributed by atoms with E-state index in [0.717, 1.165) is 5.69 Å². The number of rotatable bonds is 3. The zero-order valence-corrected chi connectivity index (χ0v) is 14.5. The van der Waals surface area contributed by atoms with Crippen LogP contribution in [0.1, 0.15) is 10.4 Å². The van der Waals surface area contributed by atoms with Crippen molar-refractivity contribution in [2.24, 2.45) is 0 Å². The maximum absolute atomic E-state index is 12.9. The number of benzene rings is 2. The van der Waals surface area contributed by atoms with Crippen LogP contribution in [0.15, 0.2) is 78.0 Å². The summed E-state index contributed by atoms with van der Waals surface area (Å²) in [6, 6.07) is 16.3. The number of carbonyl (C=O) groups excluding carboxylic acids is 1. The highest BCUT2D eigenvalue weighted by Crippen LogP contribution is 2.21. The molecule has 0 bridgehead atoms. The molecule has 0 unspecified atom stereocenters. The van der Waals surface area contributed by atoms with Gasteiger partial charge in [0.05, 0.1) is 28.5 Å². The molecule has 1 amide bonds. The molecule has 0 atom stereocenters. The molecule has 5 rings (SSSR count). The van der Waals surface area contributed by atoms with Crippen molar-refractivity contribution in [2.75, 3.05) is 5.32 Å². The van der Waals surface area contributed by atoms with Crippen LogP contribution in [0.5, 0.6) is 0 Å². The molecule has 136 valence electrons. The summed E-state index contributed by atoms with van der Waals surface area (Å²) in [5, 5.41) is 11.9. The lowest BCUT2D eigenvalue weighted by Gasteiger charge is -2.10. The van der Waals surface area contributed by atoms with Crippen LogP contribution in [-0.4, -0.2) is 30.3 Å². The van der Waals surface area contributed by atoms with Gasteiger partial charge < -0.3 is 10.3 Å². The molecule has 3 aromatic heterocycles. The fourth-order valence-corrected chi connectivity index (χ4v) is 3.22. The van der Waals surface area contributed by atoms with E-state index in [0.29, 0.717) is 22.2 Å². The van der Waals surface area contributed by atoms with Crippen molar-refractivity contribution in [3.05, 3.63) is 89.1 Å². The normalized spacial score (nSPS) is 11.1. The molecule has 3 heterocycles. The van der Waals surface area contributed by atoms with Crippen LogP contribution in [-0.2, 0) is 0 Å². The molecule has 0 saturated heterocycles. The summed E-state index contributed by atoms with van der Waals surface area (Å²) < 4.78 is 3.23. The first kappa shape index (κ1) is 16.0. The van der Waals surface area contributed by atoms with E-state index in [2.05, 4.69) is 20.5 Å². The zero-order chi connectivity index (χ0) is 19.1. The summed E-state index contributed by atoms with van der Waals surface area (Å²) in [6.45, 7) is 0. The number of para-hydroxylation sites is 3. The van der Waals surface area contributed by atoms with Gasteiger partial charge in [-0.3, -0.25) is 9.59 Å². The van der Waals surface area contributed by atoms with Crippen LogP contribution in [0.25, 0.3) is 22.2 Å². The highest BCUT2D eigenvalue weighted by Gasteiger charge is 2.17. The van der Waals surface area contributed by atoms with Crippen molar-refractivity contribution < 1.29 is 4.79 Å². The Morgan fingerprint density at radius 2 is 1.82 bits per heavy atom. The molecular weight excluding hydrogens is 356 g/mol. The summed E-state index contributed by atoms with van der Waals surface area (Å²) in [5.74, 6) is -0.375. The summed E-state index contributed by atoms with van der Waals surface area (Å²) >= 11 is 0. The number of fused-ring (bicyclic) bond motifs is 3. The molecule has 0 aliphatic heterocycles. The summed E-state index contributed by atoms with van der Waals surface area (Å²) in [4.78, 5) is 28.1. The van der Waals surface area contributed by atoms with Crippen LogP contribution < -0.4 is 10.9 Å². The average Bonchev–Trinajstić information content (AvgIpc) is 3.39. The molecule has 5 aromatic rings. The van der Waals surface area contributed by atoms with Crippen LogP contribution in [0, 0.1) is 0 Å². The molecule has 0 fully saturated rings. The second-order valence-corrected chi connectivity index (χ2v) is 6.21. The molecule has 8 nitrogen and oxygen atoms in total. The summed E-state index contributed by atoms with van der Waals surface area (Å²) in [6.07, 6.45) is 4.91. The second-order valence-electron chi connectivity index (χ2n) is 6.21. The first-order valence-corrected chi connectivity index (χ1v) is 8.61. The maximum atomic E-state index is 12.9. The number of nitrogens with zero attached hydrogens (tertiary/aromatic N) is 4.